The van der Waals surface area contributed by atoms with Gasteiger partial charge in [-0.3, -0.25) is 9.69 Å². The standard InChI is InChI=1S/C15H18F3NO4S/c1-21-11-6-9(8-19-5-4-10(19)14(20)23-3)7-12(13(11)22-2)24-15(16,17)18/h6-7,10H,4-5,8H2,1-3H3/t10-/m1/s1. The van der Waals surface area contributed by atoms with E-state index >= 15 is 0 Å². The van der Waals surface area contributed by atoms with Gasteiger partial charge in [-0.1, -0.05) is 0 Å². The first kappa shape index (κ1) is 18.7. The highest BCUT2D eigenvalue weighted by Crippen LogP contribution is 2.46. The van der Waals surface area contributed by atoms with Crippen molar-refractivity contribution in [2.45, 2.75) is 29.4 Å². The first-order valence-corrected chi connectivity index (χ1v) is 7.93. The van der Waals surface area contributed by atoms with Crippen molar-refractivity contribution >= 4 is 17.7 Å². The molecule has 0 radical (unpaired) electrons. The smallest absolute Gasteiger partial charge is 0.446 e. The summed E-state index contributed by atoms with van der Waals surface area (Å²) in [5, 5.41) is 0. The summed E-state index contributed by atoms with van der Waals surface area (Å²) < 4.78 is 53.2. The Morgan fingerprint density at radius 2 is 2.00 bits per heavy atom. The van der Waals surface area contributed by atoms with Gasteiger partial charge in [-0.2, -0.15) is 13.2 Å². The second-order valence-electron chi connectivity index (χ2n) is 5.18. The van der Waals surface area contributed by atoms with Gasteiger partial charge in [0.15, 0.2) is 11.5 Å². The number of alkyl halides is 3. The minimum Gasteiger partial charge on any atom is -0.493 e. The van der Waals surface area contributed by atoms with E-state index in [2.05, 4.69) is 0 Å². The number of ether oxygens (including phenoxy) is 3. The lowest BCUT2D eigenvalue weighted by Gasteiger charge is -2.38. The molecule has 1 fully saturated rings. The average Bonchev–Trinajstić information content (AvgIpc) is 2.49. The molecule has 0 amide bonds. The lowest BCUT2D eigenvalue weighted by atomic mass is 10.0. The van der Waals surface area contributed by atoms with E-state index in [1.165, 1.54) is 27.4 Å². The molecule has 0 aliphatic carbocycles. The summed E-state index contributed by atoms with van der Waals surface area (Å²) in [7, 11) is 3.97. The normalized spacial score (nSPS) is 18.0. The Labute approximate surface area is 142 Å². The van der Waals surface area contributed by atoms with Crippen LogP contribution < -0.4 is 9.47 Å². The molecule has 1 aromatic rings. The summed E-state index contributed by atoms with van der Waals surface area (Å²) in [6.07, 6.45) is 0.671. The third-order valence-electron chi connectivity index (χ3n) is 3.72. The topological polar surface area (TPSA) is 48.0 Å². The predicted molar refractivity (Wildman–Crippen MR) is 82.3 cm³/mol. The minimum atomic E-state index is -4.44. The lowest BCUT2D eigenvalue weighted by molar-refractivity contribution is -0.152. The van der Waals surface area contributed by atoms with Gasteiger partial charge in [-0.05, 0) is 35.9 Å². The molecule has 2 rings (SSSR count). The van der Waals surface area contributed by atoms with Crippen LogP contribution in [0.2, 0.25) is 0 Å². The van der Waals surface area contributed by atoms with E-state index in [0.29, 0.717) is 25.1 Å². The van der Waals surface area contributed by atoms with Crippen LogP contribution >= 0.6 is 11.8 Å². The van der Waals surface area contributed by atoms with Crippen molar-refractivity contribution in [2.24, 2.45) is 0 Å². The van der Waals surface area contributed by atoms with Gasteiger partial charge in [0.05, 0.1) is 26.2 Å². The number of rotatable bonds is 6. The largest absolute Gasteiger partial charge is 0.493 e. The van der Waals surface area contributed by atoms with Crippen LogP contribution in [0.25, 0.3) is 0 Å². The molecule has 1 saturated heterocycles. The van der Waals surface area contributed by atoms with Crippen LogP contribution in [0.1, 0.15) is 12.0 Å². The maximum Gasteiger partial charge on any atom is 0.446 e. The van der Waals surface area contributed by atoms with Gasteiger partial charge in [0.1, 0.15) is 6.04 Å². The van der Waals surface area contributed by atoms with Crippen molar-refractivity contribution < 1.29 is 32.2 Å². The Morgan fingerprint density at radius 1 is 1.29 bits per heavy atom. The lowest BCUT2D eigenvalue weighted by Crippen LogP contribution is -2.52. The van der Waals surface area contributed by atoms with Crippen molar-refractivity contribution in [1.82, 2.24) is 4.90 Å². The summed E-state index contributed by atoms with van der Waals surface area (Å²) in [5.41, 5.74) is -3.84. The maximum absolute atomic E-state index is 12.8. The fraction of sp³-hybridized carbons (Fsp3) is 0.533. The first-order valence-electron chi connectivity index (χ1n) is 7.11. The molecular formula is C15H18F3NO4S. The molecule has 0 aromatic heterocycles. The Morgan fingerprint density at radius 3 is 2.46 bits per heavy atom. The Kier molecular flexibility index (Phi) is 5.87. The molecule has 1 aliphatic rings. The number of halogens is 3. The van der Waals surface area contributed by atoms with Crippen LogP contribution in [-0.4, -0.2) is 50.3 Å². The summed E-state index contributed by atoms with van der Waals surface area (Å²) in [6.45, 7) is 1.00. The molecule has 1 atom stereocenters. The predicted octanol–water partition coefficient (Wildman–Crippen LogP) is 3.06. The van der Waals surface area contributed by atoms with Gasteiger partial charge >= 0.3 is 11.5 Å². The molecule has 1 aromatic carbocycles. The Hall–Kier alpha value is -1.61. The van der Waals surface area contributed by atoms with E-state index in [9.17, 15) is 18.0 Å². The second kappa shape index (κ2) is 7.52. The van der Waals surface area contributed by atoms with Crippen LogP contribution in [0.4, 0.5) is 13.2 Å². The van der Waals surface area contributed by atoms with E-state index in [1.807, 2.05) is 4.90 Å². The number of esters is 1. The number of carbonyl (C=O) groups excluding carboxylic acids is 1. The highest BCUT2D eigenvalue weighted by Gasteiger charge is 2.36. The van der Waals surface area contributed by atoms with Crippen LogP contribution in [0.3, 0.4) is 0 Å². The molecule has 0 N–H and O–H groups in total. The summed E-state index contributed by atoms with van der Waals surface area (Å²) in [4.78, 5) is 13.4. The van der Waals surface area contributed by atoms with Crippen molar-refractivity contribution in [3.8, 4) is 11.5 Å². The van der Waals surface area contributed by atoms with E-state index < -0.39 is 5.51 Å². The SMILES string of the molecule is COC(=O)[C@H]1CCN1Cc1cc(OC)c(OC)c(SC(F)(F)F)c1. The number of carbonyl (C=O) groups is 1. The fourth-order valence-electron chi connectivity index (χ4n) is 2.54. The molecule has 0 saturated carbocycles. The van der Waals surface area contributed by atoms with Crippen molar-refractivity contribution in [3.05, 3.63) is 17.7 Å². The highest BCUT2D eigenvalue weighted by atomic mass is 32.2. The molecule has 0 bridgehead atoms. The zero-order chi connectivity index (χ0) is 17.9. The number of benzene rings is 1. The van der Waals surface area contributed by atoms with Crippen molar-refractivity contribution in [3.63, 3.8) is 0 Å². The number of likely N-dealkylation sites (tertiary alicyclic amines) is 1. The average molecular weight is 365 g/mol. The number of nitrogens with zero attached hydrogens (tertiary/aromatic N) is 1. The summed E-state index contributed by atoms with van der Waals surface area (Å²) >= 11 is -0.255. The van der Waals surface area contributed by atoms with E-state index in [4.69, 9.17) is 14.2 Å². The van der Waals surface area contributed by atoms with Crippen LogP contribution in [0, 0.1) is 0 Å². The van der Waals surface area contributed by atoms with Crippen LogP contribution in [-0.2, 0) is 16.1 Å². The zero-order valence-electron chi connectivity index (χ0n) is 13.5. The third-order valence-corrected chi connectivity index (χ3v) is 4.47. The number of thioether (sulfide) groups is 1. The van der Waals surface area contributed by atoms with Crippen molar-refractivity contribution in [1.29, 1.82) is 0 Å². The molecule has 1 heterocycles. The van der Waals surface area contributed by atoms with Crippen molar-refractivity contribution in [2.75, 3.05) is 27.9 Å². The number of methoxy groups -OCH3 is 3. The molecule has 9 heteroatoms. The van der Waals surface area contributed by atoms with Gasteiger partial charge in [0.2, 0.25) is 0 Å². The molecule has 1 aliphatic heterocycles. The molecule has 5 nitrogen and oxygen atoms in total. The highest BCUT2D eigenvalue weighted by molar-refractivity contribution is 8.00. The van der Waals surface area contributed by atoms with Gasteiger partial charge < -0.3 is 14.2 Å². The fourth-order valence-corrected chi connectivity index (χ4v) is 3.28. The summed E-state index contributed by atoms with van der Waals surface area (Å²) in [6, 6.07) is 2.67. The molecule has 24 heavy (non-hydrogen) atoms. The Bertz CT molecular complexity index is 609. The minimum absolute atomic E-state index is 0.0386. The summed E-state index contributed by atoms with van der Waals surface area (Å²) in [5.74, 6) is -0.0831. The molecule has 134 valence electrons. The van der Waals surface area contributed by atoms with E-state index in [1.54, 1.807) is 6.07 Å². The van der Waals surface area contributed by atoms with Gasteiger partial charge in [0.25, 0.3) is 0 Å². The molecule has 0 spiro atoms. The van der Waals surface area contributed by atoms with Gasteiger partial charge in [-0.15, -0.1) is 0 Å². The van der Waals surface area contributed by atoms with E-state index in [-0.39, 0.29) is 40.2 Å². The molecule has 0 unspecified atom stereocenters. The van der Waals surface area contributed by atoms with Crippen LogP contribution in [0.5, 0.6) is 11.5 Å². The number of hydrogen-bond acceptors (Lipinski definition) is 6. The monoisotopic (exact) mass is 365 g/mol. The molecular weight excluding hydrogens is 347 g/mol. The maximum atomic E-state index is 12.8. The second-order valence-corrected chi connectivity index (χ2v) is 6.28. The van der Waals surface area contributed by atoms with Gasteiger partial charge in [-0.25, -0.2) is 0 Å². The first-order chi connectivity index (χ1) is 11.3. The van der Waals surface area contributed by atoms with E-state index in [0.717, 1.165) is 0 Å². The quantitative estimate of drug-likeness (QED) is 0.570. The number of hydrogen-bond donors (Lipinski definition) is 0. The third kappa shape index (κ3) is 4.27. The Balaban J connectivity index is 2.27. The van der Waals surface area contributed by atoms with Gasteiger partial charge in [0, 0.05) is 13.1 Å². The zero-order valence-corrected chi connectivity index (χ0v) is 14.3. The van der Waals surface area contributed by atoms with Crippen LogP contribution in [0.15, 0.2) is 17.0 Å².